The molecule has 0 amide bonds. The molecule has 0 aromatic heterocycles. The number of para-hydroxylation sites is 4. The average Bonchev–Trinajstić information content (AvgIpc) is 3.39. The van der Waals surface area contributed by atoms with E-state index in [4.69, 9.17) is 40.7 Å². The van der Waals surface area contributed by atoms with Crippen LogP contribution in [0.4, 0.5) is 0 Å². The molecule has 0 bridgehead atoms. The molecule has 6 aromatic carbocycles. The number of nitrogens with zero attached hydrogens (tertiary/aromatic N) is 5. The summed E-state index contributed by atoms with van der Waals surface area (Å²) in [5, 5.41) is 18.6. The van der Waals surface area contributed by atoms with Gasteiger partial charge in [0.1, 0.15) is 34.5 Å². The first kappa shape index (κ1) is 33.6. The van der Waals surface area contributed by atoms with Crippen molar-refractivity contribution in [1.82, 2.24) is 0 Å². The van der Waals surface area contributed by atoms with E-state index in [9.17, 15) is 10.5 Å². The summed E-state index contributed by atoms with van der Waals surface area (Å²) in [6, 6.07) is 48.8. The number of rotatable bonds is 6. The monoisotopic (exact) mass is 767 g/mol. The minimum Gasteiger partial charge on any atom is -0.413 e. The summed E-state index contributed by atoms with van der Waals surface area (Å²) < 4.78 is 57.0. The van der Waals surface area contributed by atoms with Crippen molar-refractivity contribution in [3.05, 3.63) is 157 Å². The van der Waals surface area contributed by atoms with E-state index in [2.05, 4.69) is 12.1 Å². The highest BCUT2D eigenvalue weighted by Gasteiger charge is 2.50. The number of hydrogen-bond donors (Lipinski definition) is 0. The van der Waals surface area contributed by atoms with Crippen molar-refractivity contribution in [2.24, 2.45) is 13.5 Å². The van der Waals surface area contributed by atoms with Gasteiger partial charge in [-0.2, -0.15) is 10.5 Å². The van der Waals surface area contributed by atoms with Gasteiger partial charge in [-0.05, 0) is 59.7 Å². The van der Waals surface area contributed by atoms with Crippen LogP contribution in [0.3, 0.4) is 0 Å². The third kappa shape index (κ3) is 6.40. The molecule has 3 aliphatic rings. The summed E-state index contributed by atoms with van der Waals surface area (Å²) in [5.41, 5.74) is 4.76. The van der Waals surface area contributed by atoms with E-state index < -0.39 is 23.0 Å². The summed E-state index contributed by atoms with van der Waals surface area (Å²) >= 11 is 0. The summed E-state index contributed by atoms with van der Waals surface area (Å²) in [4.78, 5) is 0. The van der Waals surface area contributed by atoms with Crippen molar-refractivity contribution >= 4 is 23.0 Å². The molecule has 3 aliphatic heterocycles. The Labute approximate surface area is 311 Å². The molecule has 54 heavy (non-hydrogen) atoms. The zero-order valence-corrected chi connectivity index (χ0v) is 31.0. The molecular formula is C40H28N5O6P3. The highest BCUT2D eigenvalue weighted by atomic mass is 31.3. The Balaban J connectivity index is 1.34. The van der Waals surface area contributed by atoms with Crippen molar-refractivity contribution in [1.29, 1.82) is 10.5 Å². The highest BCUT2D eigenvalue weighted by Crippen LogP contribution is 2.80. The van der Waals surface area contributed by atoms with Crippen LogP contribution in [0.25, 0.3) is 22.3 Å². The Morgan fingerprint density at radius 2 is 0.759 bits per heavy atom. The van der Waals surface area contributed by atoms with Crippen LogP contribution in [-0.4, -0.2) is 0 Å². The van der Waals surface area contributed by atoms with Gasteiger partial charge in [0.25, 0.3) is 0 Å². The first-order chi connectivity index (χ1) is 26.5. The molecule has 6 aromatic rings. The van der Waals surface area contributed by atoms with Crippen LogP contribution in [0.2, 0.25) is 0 Å². The van der Waals surface area contributed by atoms with Gasteiger partial charge in [0.2, 0.25) is 0 Å². The lowest BCUT2D eigenvalue weighted by molar-refractivity contribution is 0.448. The molecule has 0 fully saturated rings. The predicted octanol–water partition coefficient (Wildman–Crippen LogP) is 12.4. The minimum absolute atomic E-state index is 0.226. The zero-order valence-electron chi connectivity index (χ0n) is 28.3. The molecule has 0 aliphatic carbocycles. The summed E-state index contributed by atoms with van der Waals surface area (Å²) in [6.45, 7) is 0. The molecule has 0 radical (unpaired) electrons. The molecule has 0 saturated heterocycles. The first-order valence-electron chi connectivity index (χ1n) is 16.8. The fourth-order valence-corrected chi connectivity index (χ4v) is 15.3. The van der Waals surface area contributed by atoms with E-state index >= 15 is 0 Å². The Morgan fingerprint density at radius 1 is 0.426 bits per heavy atom. The minimum atomic E-state index is -4.02. The molecule has 0 saturated carbocycles. The summed E-state index contributed by atoms with van der Waals surface area (Å²) in [7, 11) is -11.9. The molecule has 0 N–H and O–H groups in total. The molecule has 264 valence electrons. The largest absolute Gasteiger partial charge is 0.460 e. The number of fused-ring (bicyclic) bond motifs is 6. The van der Waals surface area contributed by atoms with Crippen molar-refractivity contribution < 1.29 is 27.1 Å². The van der Waals surface area contributed by atoms with Crippen molar-refractivity contribution in [3.8, 4) is 68.9 Å². The molecule has 0 atom stereocenters. The molecule has 0 unspecified atom stereocenters. The van der Waals surface area contributed by atoms with Crippen LogP contribution in [-0.2, 0) is 12.8 Å². The van der Waals surface area contributed by atoms with Crippen molar-refractivity contribution in [3.63, 3.8) is 0 Å². The van der Waals surface area contributed by atoms with Crippen LogP contribution in [0.5, 0.6) is 34.5 Å². The Bertz CT molecular complexity index is 2440. The van der Waals surface area contributed by atoms with Crippen molar-refractivity contribution in [2.45, 2.75) is 12.8 Å². The molecule has 14 heteroatoms. The van der Waals surface area contributed by atoms with E-state index in [1.807, 2.05) is 97.1 Å². The molecule has 11 nitrogen and oxygen atoms in total. The van der Waals surface area contributed by atoms with Crippen LogP contribution in [0.1, 0.15) is 11.1 Å². The molecule has 3 heterocycles. The van der Waals surface area contributed by atoms with Gasteiger partial charge < -0.3 is 27.1 Å². The van der Waals surface area contributed by atoms with E-state index in [0.717, 1.165) is 33.4 Å². The van der Waals surface area contributed by atoms with Gasteiger partial charge in [0.15, 0.2) is 0 Å². The van der Waals surface area contributed by atoms with Gasteiger partial charge in [-0.15, -0.1) is 0 Å². The highest BCUT2D eigenvalue weighted by molar-refractivity contribution is 7.79. The van der Waals surface area contributed by atoms with E-state index in [1.165, 1.54) is 0 Å². The maximum absolute atomic E-state index is 9.31. The van der Waals surface area contributed by atoms with Crippen LogP contribution in [0.15, 0.2) is 159 Å². The maximum atomic E-state index is 9.31. The average molecular weight is 768 g/mol. The second-order valence-corrected chi connectivity index (χ2v) is 18.4. The second-order valence-electron chi connectivity index (χ2n) is 12.2. The Kier molecular flexibility index (Phi) is 8.49. The SMILES string of the molecule is N#CCc1ccc(OP2(Oc3ccc(CC#N)cc3)=NP3(=NP4(=N2)Oc2ccccc2-c2ccccc2O4)Oc2ccccc2-c2ccccc2O3)cc1. The zero-order chi connectivity index (χ0) is 36.6. The number of benzene rings is 6. The molecule has 9 rings (SSSR count). The lowest BCUT2D eigenvalue weighted by Crippen LogP contribution is -2.10. The van der Waals surface area contributed by atoms with Gasteiger partial charge in [0, 0.05) is 22.3 Å². The summed E-state index contributed by atoms with van der Waals surface area (Å²) in [5.74, 6) is 2.67. The summed E-state index contributed by atoms with van der Waals surface area (Å²) in [6.07, 6.45) is 0.452. The normalized spacial score (nSPS) is 15.9. The van der Waals surface area contributed by atoms with Gasteiger partial charge in [-0.1, -0.05) is 111 Å². The van der Waals surface area contributed by atoms with Gasteiger partial charge in [0.05, 0.1) is 25.0 Å². The smallest absolute Gasteiger partial charge is 0.413 e. The fourth-order valence-electron chi connectivity index (χ4n) is 6.14. The molecular weight excluding hydrogens is 739 g/mol. The van der Waals surface area contributed by atoms with Gasteiger partial charge in [-0.25, -0.2) is 0 Å². The third-order valence-electron chi connectivity index (χ3n) is 8.54. The topological polar surface area (TPSA) is 140 Å². The quantitative estimate of drug-likeness (QED) is 0.153. The van der Waals surface area contributed by atoms with E-state index in [1.54, 1.807) is 48.5 Å². The third-order valence-corrected chi connectivity index (χ3v) is 16.6. The Hall–Kier alpha value is -6.21. The standard InChI is InChI=1S/C40H28N5O6P3/c41-27-25-29-17-21-31(22-18-29)46-52(47-32-23-19-30(20-24-32)26-28-42)43-53(48-37-13-5-1-9-33(37)34-10-2-6-14-38(34)49-53)45-54(44-52)50-39-15-7-3-11-35(39)36-12-4-8-16-40(36)51-54/h1-24H,25-26H2. The lowest BCUT2D eigenvalue weighted by atomic mass is 10.0. The Morgan fingerprint density at radius 3 is 1.11 bits per heavy atom. The van der Waals surface area contributed by atoms with Crippen LogP contribution >= 0.6 is 23.0 Å². The molecule has 2 spiro atoms. The van der Waals surface area contributed by atoms with Crippen molar-refractivity contribution in [2.75, 3.05) is 0 Å². The van der Waals surface area contributed by atoms with Gasteiger partial charge in [-0.3, -0.25) is 0 Å². The second kappa shape index (κ2) is 13.6. The van der Waals surface area contributed by atoms with Crippen LogP contribution in [0, 0.1) is 22.7 Å². The van der Waals surface area contributed by atoms with Crippen LogP contribution < -0.4 is 27.1 Å². The number of hydrogen-bond acceptors (Lipinski definition) is 11. The van der Waals surface area contributed by atoms with E-state index in [0.29, 0.717) is 34.5 Å². The van der Waals surface area contributed by atoms with Gasteiger partial charge >= 0.3 is 23.0 Å². The predicted molar refractivity (Wildman–Crippen MR) is 207 cm³/mol. The number of nitriles is 2. The van der Waals surface area contributed by atoms with E-state index in [-0.39, 0.29) is 12.8 Å². The fraction of sp³-hybridized carbons (Fsp3) is 0.0500. The first-order valence-corrected chi connectivity index (χ1v) is 21.4. The maximum Gasteiger partial charge on any atom is 0.460 e. The lowest BCUT2D eigenvalue weighted by Gasteiger charge is -2.32.